The van der Waals surface area contributed by atoms with Gasteiger partial charge in [0.1, 0.15) is 5.75 Å². The first-order chi connectivity index (χ1) is 9.91. The summed E-state index contributed by atoms with van der Waals surface area (Å²) in [5, 5.41) is 3.96. The molecule has 0 aliphatic carbocycles. The second kappa shape index (κ2) is 6.80. The van der Waals surface area contributed by atoms with Gasteiger partial charge in [0.05, 0.1) is 11.7 Å². The summed E-state index contributed by atoms with van der Waals surface area (Å²) in [6.07, 6.45) is 1.79. The van der Waals surface area contributed by atoms with Crippen LogP contribution >= 0.6 is 11.6 Å². The van der Waals surface area contributed by atoms with Crippen LogP contribution in [0.25, 0.3) is 0 Å². The highest BCUT2D eigenvalue weighted by Crippen LogP contribution is 2.35. The zero-order chi connectivity index (χ0) is 15.6. The average molecular weight is 310 g/mol. The summed E-state index contributed by atoms with van der Waals surface area (Å²) in [7, 11) is 0. The number of hydrogen-bond donors (Lipinski definition) is 1. The lowest BCUT2D eigenvalue weighted by molar-refractivity contribution is 0.0888. The van der Waals surface area contributed by atoms with E-state index >= 15 is 0 Å². The Kier molecular flexibility index (Phi) is 5.28. The second-order valence-electron chi connectivity index (χ2n) is 6.06. The molecule has 1 N–H and O–H groups in total. The van der Waals surface area contributed by atoms with Gasteiger partial charge in [0.25, 0.3) is 0 Å². The minimum Gasteiger partial charge on any atom is -0.490 e. The molecule has 0 radical (unpaired) electrons. The molecule has 1 saturated heterocycles. The van der Waals surface area contributed by atoms with Crippen molar-refractivity contribution in [1.82, 2.24) is 5.32 Å². The van der Waals surface area contributed by atoms with Gasteiger partial charge >= 0.3 is 0 Å². The van der Waals surface area contributed by atoms with Gasteiger partial charge in [0.2, 0.25) is 0 Å². The third kappa shape index (κ3) is 3.58. The number of aryl methyl sites for hydroxylation is 1. The summed E-state index contributed by atoms with van der Waals surface area (Å²) in [6, 6.07) is 1.89. The van der Waals surface area contributed by atoms with Crippen LogP contribution in [-0.2, 0) is 0 Å². The average Bonchev–Trinajstić information content (AvgIpc) is 2.45. The van der Waals surface area contributed by atoms with Gasteiger partial charge < -0.3 is 10.1 Å². The fraction of sp³-hybridized carbons (Fsp3) is 0.588. The second-order valence-corrected chi connectivity index (χ2v) is 6.44. The van der Waals surface area contributed by atoms with Crippen molar-refractivity contribution in [2.24, 2.45) is 5.92 Å². The molecule has 1 heterocycles. The van der Waals surface area contributed by atoms with Crippen molar-refractivity contribution in [2.75, 3.05) is 13.1 Å². The highest BCUT2D eigenvalue weighted by atomic mass is 35.5. The fourth-order valence-electron chi connectivity index (χ4n) is 2.86. The number of ether oxygens (including phenoxy) is 1. The first kappa shape index (κ1) is 16.3. The molecule has 0 unspecified atom stereocenters. The van der Waals surface area contributed by atoms with E-state index in [1.54, 1.807) is 0 Å². The Bertz CT molecular complexity index is 534. The van der Waals surface area contributed by atoms with Crippen molar-refractivity contribution < 1.29 is 9.53 Å². The molecule has 1 aromatic rings. The molecule has 0 atom stereocenters. The summed E-state index contributed by atoms with van der Waals surface area (Å²) >= 11 is 6.35. The molecule has 0 amide bonds. The first-order valence-corrected chi connectivity index (χ1v) is 8.01. The lowest BCUT2D eigenvalue weighted by Gasteiger charge is -2.24. The van der Waals surface area contributed by atoms with E-state index in [4.69, 9.17) is 16.3 Å². The first-order valence-electron chi connectivity index (χ1n) is 7.63. The van der Waals surface area contributed by atoms with Crippen molar-refractivity contribution in [3.05, 3.63) is 27.8 Å². The van der Waals surface area contributed by atoms with Crippen LogP contribution in [0.5, 0.6) is 5.75 Å². The standard InChI is InChI=1S/C17H24ClNO2/c1-10(2)21-14-9-11(3)16(18)12(4)15(14)17(20)13-5-7-19-8-6-13/h9-10,13,19H,5-8H2,1-4H3. The number of Topliss-reactive ketones (excluding diaryl/α,β-unsaturated/α-hetero) is 1. The van der Waals surface area contributed by atoms with E-state index in [1.165, 1.54) is 0 Å². The summed E-state index contributed by atoms with van der Waals surface area (Å²) in [6.45, 7) is 9.60. The molecular formula is C17H24ClNO2. The van der Waals surface area contributed by atoms with Crippen LogP contribution < -0.4 is 10.1 Å². The number of carbonyl (C=O) groups excluding carboxylic acids is 1. The number of nitrogens with one attached hydrogen (secondary N) is 1. The molecule has 0 saturated carbocycles. The SMILES string of the molecule is Cc1cc(OC(C)C)c(C(=O)C2CCNCC2)c(C)c1Cl. The molecule has 4 heteroatoms. The van der Waals surface area contributed by atoms with Gasteiger partial charge in [-0.3, -0.25) is 4.79 Å². The third-order valence-electron chi connectivity index (χ3n) is 3.96. The number of carbonyl (C=O) groups is 1. The summed E-state index contributed by atoms with van der Waals surface area (Å²) in [5.74, 6) is 0.915. The largest absolute Gasteiger partial charge is 0.490 e. The minimum absolute atomic E-state index is 0.0320. The van der Waals surface area contributed by atoms with Crippen molar-refractivity contribution in [2.45, 2.75) is 46.6 Å². The van der Waals surface area contributed by atoms with E-state index < -0.39 is 0 Å². The Morgan fingerprint density at radius 2 is 1.95 bits per heavy atom. The van der Waals surface area contributed by atoms with E-state index in [0.29, 0.717) is 16.3 Å². The van der Waals surface area contributed by atoms with E-state index in [-0.39, 0.29) is 17.8 Å². The smallest absolute Gasteiger partial charge is 0.170 e. The van der Waals surface area contributed by atoms with Crippen molar-refractivity contribution in [3.63, 3.8) is 0 Å². The Balaban J connectivity index is 2.43. The number of hydrogen-bond acceptors (Lipinski definition) is 3. The van der Waals surface area contributed by atoms with Gasteiger partial charge in [-0.05, 0) is 70.8 Å². The zero-order valence-electron chi connectivity index (χ0n) is 13.3. The number of ketones is 1. The molecule has 1 fully saturated rings. The topological polar surface area (TPSA) is 38.3 Å². The molecule has 0 spiro atoms. The molecule has 3 nitrogen and oxygen atoms in total. The van der Waals surface area contributed by atoms with E-state index in [1.807, 2.05) is 33.8 Å². The van der Waals surface area contributed by atoms with Crippen molar-refractivity contribution in [3.8, 4) is 5.75 Å². The summed E-state index contributed by atoms with van der Waals surface area (Å²) in [4.78, 5) is 12.9. The van der Waals surface area contributed by atoms with Crippen LogP contribution in [0, 0.1) is 19.8 Å². The summed E-state index contributed by atoms with van der Waals surface area (Å²) in [5.41, 5.74) is 2.47. The van der Waals surface area contributed by atoms with Crippen LogP contribution in [0.3, 0.4) is 0 Å². The maximum atomic E-state index is 12.9. The Morgan fingerprint density at radius 1 is 1.33 bits per heavy atom. The van der Waals surface area contributed by atoms with Crippen LogP contribution in [-0.4, -0.2) is 25.0 Å². The van der Waals surface area contributed by atoms with E-state index in [0.717, 1.165) is 37.1 Å². The molecule has 0 bridgehead atoms. The van der Waals surface area contributed by atoms with Gasteiger partial charge in [-0.25, -0.2) is 0 Å². The predicted molar refractivity (Wildman–Crippen MR) is 86.6 cm³/mol. The van der Waals surface area contributed by atoms with E-state index in [2.05, 4.69) is 5.32 Å². The number of halogens is 1. The maximum Gasteiger partial charge on any atom is 0.170 e. The van der Waals surface area contributed by atoms with Crippen molar-refractivity contribution >= 4 is 17.4 Å². The highest BCUT2D eigenvalue weighted by molar-refractivity contribution is 6.32. The van der Waals surface area contributed by atoms with Gasteiger partial charge in [0.15, 0.2) is 5.78 Å². The maximum absolute atomic E-state index is 12.9. The normalized spacial score (nSPS) is 16.3. The van der Waals surface area contributed by atoms with E-state index in [9.17, 15) is 4.79 Å². The predicted octanol–water partition coefficient (Wildman–Crippen LogP) is 3.93. The Hall–Kier alpha value is -1.06. The Morgan fingerprint density at radius 3 is 2.52 bits per heavy atom. The monoisotopic (exact) mass is 309 g/mol. The molecule has 116 valence electrons. The quantitative estimate of drug-likeness (QED) is 0.857. The molecule has 21 heavy (non-hydrogen) atoms. The fourth-order valence-corrected chi connectivity index (χ4v) is 3.01. The van der Waals surface area contributed by atoms with Gasteiger partial charge in [-0.1, -0.05) is 11.6 Å². The Labute approximate surface area is 132 Å². The van der Waals surface area contributed by atoms with Gasteiger partial charge in [-0.2, -0.15) is 0 Å². The van der Waals surface area contributed by atoms with Crippen LogP contribution in [0.15, 0.2) is 6.07 Å². The lowest BCUT2D eigenvalue weighted by Crippen LogP contribution is -2.32. The van der Waals surface area contributed by atoms with Crippen LogP contribution in [0.1, 0.15) is 48.2 Å². The third-order valence-corrected chi connectivity index (χ3v) is 4.55. The van der Waals surface area contributed by atoms with Crippen LogP contribution in [0.4, 0.5) is 0 Å². The van der Waals surface area contributed by atoms with Crippen molar-refractivity contribution in [1.29, 1.82) is 0 Å². The van der Waals surface area contributed by atoms with Crippen LogP contribution in [0.2, 0.25) is 5.02 Å². The molecule has 1 aliphatic rings. The number of benzene rings is 1. The highest BCUT2D eigenvalue weighted by Gasteiger charge is 2.28. The minimum atomic E-state index is 0.0320. The zero-order valence-corrected chi connectivity index (χ0v) is 14.0. The molecular weight excluding hydrogens is 286 g/mol. The molecule has 1 aromatic carbocycles. The summed E-state index contributed by atoms with van der Waals surface area (Å²) < 4.78 is 5.88. The molecule has 0 aromatic heterocycles. The van der Waals surface area contributed by atoms with Gasteiger partial charge in [0, 0.05) is 10.9 Å². The molecule has 1 aliphatic heterocycles. The number of piperidine rings is 1. The van der Waals surface area contributed by atoms with Gasteiger partial charge in [-0.15, -0.1) is 0 Å². The lowest BCUT2D eigenvalue weighted by atomic mass is 9.87. The number of rotatable bonds is 4. The molecule has 2 rings (SSSR count).